The summed E-state index contributed by atoms with van der Waals surface area (Å²) in [5.41, 5.74) is 4.57. The third-order valence-electron chi connectivity index (χ3n) is 6.50. The van der Waals surface area contributed by atoms with E-state index in [2.05, 4.69) is 43.0 Å². The van der Waals surface area contributed by atoms with E-state index in [-0.39, 0.29) is 36.0 Å². The van der Waals surface area contributed by atoms with Crippen molar-refractivity contribution in [3.05, 3.63) is 70.8 Å². The lowest BCUT2D eigenvalue weighted by atomic mass is 9.75. The number of piperazine rings is 1. The third-order valence-corrected chi connectivity index (χ3v) is 6.50. The molecule has 2 aliphatic heterocycles. The van der Waals surface area contributed by atoms with E-state index in [4.69, 9.17) is 0 Å². The maximum atomic E-state index is 12.9. The zero-order valence-electron chi connectivity index (χ0n) is 17.6. The number of rotatable bonds is 4. The van der Waals surface area contributed by atoms with Crippen LogP contribution < -0.4 is 0 Å². The number of fused-ring (bicyclic) bond motifs is 3. The van der Waals surface area contributed by atoms with Crippen LogP contribution in [-0.4, -0.2) is 47.7 Å². The number of carbonyl (C=O) groups excluding carboxylic acids is 2. The smallest absolute Gasteiger partial charge is 0.223 e. The lowest BCUT2D eigenvalue weighted by molar-refractivity contribution is -0.134. The van der Waals surface area contributed by atoms with E-state index >= 15 is 0 Å². The highest BCUT2D eigenvalue weighted by Crippen LogP contribution is 2.41. The summed E-state index contributed by atoms with van der Waals surface area (Å²) in [6.07, 6.45) is 0.561. The number of hydrogen-bond donors (Lipinski definition) is 0. The molecule has 0 spiro atoms. The Balaban J connectivity index is 1.43. The average molecular weight is 391 g/mol. The largest absolute Gasteiger partial charge is 0.339 e. The molecule has 152 valence electrons. The first-order valence-electron chi connectivity index (χ1n) is 10.6. The van der Waals surface area contributed by atoms with Crippen LogP contribution in [0, 0.1) is 6.92 Å². The van der Waals surface area contributed by atoms with Crippen LogP contribution in [0.1, 0.15) is 59.8 Å². The molecule has 0 aromatic heterocycles. The van der Waals surface area contributed by atoms with Gasteiger partial charge in [0.05, 0.1) is 6.04 Å². The Morgan fingerprint density at radius 1 is 1.00 bits per heavy atom. The molecule has 4 rings (SSSR count). The fourth-order valence-electron chi connectivity index (χ4n) is 4.93. The van der Waals surface area contributed by atoms with E-state index in [0.717, 1.165) is 30.8 Å². The highest BCUT2D eigenvalue weighted by atomic mass is 16.2. The molecule has 0 radical (unpaired) electrons. The van der Waals surface area contributed by atoms with Crippen LogP contribution in [0.25, 0.3) is 0 Å². The first kappa shape index (κ1) is 19.8. The highest BCUT2D eigenvalue weighted by molar-refractivity contribution is 5.99. The number of nitrogens with zero attached hydrogens (tertiary/aromatic N) is 2. The van der Waals surface area contributed by atoms with Crippen LogP contribution in [0.2, 0.25) is 0 Å². The van der Waals surface area contributed by atoms with Gasteiger partial charge in [-0.1, -0.05) is 62.4 Å². The second-order valence-corrected chi connectivity index (χ2v) is 9.04. The van der Waals surface area contributed by atoms with Crippen LogP contribution in [0.5, 0.6) is 0 Å². The number of ketones is 1. The summed E-state index contributed by atoms with van der Waals surface area (Å²) in [4.78, 5) is 29.9. The Hall–Kier alpha value is -2.46. The summed E-state index contributed by atoms with van der Waals surface area (Å²) >= 11 is 0. The second-order valence-electron chi connectivity index (χ2n) is 9.04. The van der Waals surface area contributed by atoms with Crippen molar-refractivity contribution in [1.29, 1.82) is 0 Å². The van der Waals surface area contributed by atoms with E-state index in [1.54, 1.807) is 0 Å². The molecule has 2 heterocycles. The minimum absolute atomic E-state index is 0.0554. The van der Waals surface area contributed by atoms with Gasteiger partial charge in [0.25, 0.3) is 0 Å². The first-order valence-corrected chi connectivity index (χ1v) is 10.6. The Kier molecular flexibility index (Phi) is 5.30. The average Bonchev–Trinajstić information content (AvgIpc) is 2.72. The van der Waals surface area contributed by atoms with Crippen molar-refractivity contribution < 1.29 is 9.59 Å². The quantitative estimate of drug-likeness (QED) is 0.737. The maximum Gasteiger partial charge on any atom is 0.223 e. The summed E-state index contributed by atoms with van der Waals surface area (Å²) in [6, 6.07) is 16.5. The van der Waals surface area contributed by atoms with Gasteiger partial charge in [-0.3, -0.25) is 14.5 Å². The molecule has 4 heteroatoms. The Morgan fingerprint density at radius 3 is 2.52 bits per heavy atom. The second kappa shape index (κ2) is 7.75. The zero-order chi connectivity index (χ0) is 20.6. The molecule has 1 saturated heterocycles. The molecule has 1 fully saturated rings. The maximum absolute atomic E-state index is 12.9. The van der Waals surface area contributed by atoms with Crippen molar-refractivity contribution in [2.24, 2.45) is 0 Å². The van der Waals surface area contributed by atoms with Crippen LogP contribution in [0.4, 0.5) is 0 Å². The summed E-state index contributed by atoms with van der Waals surface area (Å²) in [5, 5.41) is 0. The molecule has 0 aliphatic carbocycles. The van der Waals surface area contributed by atoms with Gasteiger partial charge in [-0.25, -0.2) is 0 Å². The number of amides is 1. The van der Waals surface area contributed by atoms with Gasteiger partial charge in [0, 0.05) is 50.0 Å². The SMILES string of the molecule is Cc1ccccc1C(=O)CCC(=O)N1CCN2CC(C)(C)c3ccccc3C2C1. The number of Topliss-reactive ketones (excluding diaryl/α,β-unsaturated/α-hetero) is 1. The third kappa shape index (κ3) is 3.86. The molecule has 0 bridgehead atoms. The monoisotopic (exact) mass is 390 g/mol. The Labute approximate surface area is 173 Å². The van der Waals surface area contributed by atoms with Gasteiger partial charge in [-0.15, -0.1) is 0 Å². The summed E-state index contributed by atoms with van der Waals surface area (Å²) in [6.45, 7) is 9.91. The molecule has 4 nitrogen and oxygen atoms in total. The fraction of sp³-hybridized carbons (Fsp3) is 0.440. The van der Waals surface area contributed by atoms with Gasteiger partial charge >= 0.3 is 0 Å². The fourth-order valence-corrected chi connectivity index (χ4v) is 4.93. The summed E-state index contributed by atoms with van der Waals surface area (Å²) in [5.74, 6) is 0.147. The molecule has 1 unspecified atom stereocenters. The Bertz CT molecular complexity index is 934. The molecule has 0 N–H and O–H groups in total. The zero-order valence-corrected chi connectivity index (χ0v) is 17.6. The van der Waals surface area contributed by atoms with E-state index < -0.39 is 0 Å². The lowest BCUT2D eigenvalue weighted by Crippen LogP contribution is -2.55. The van der Waals surface area contributed by atoms with Crippen LogP contribution in [0.3, 0.4) is 0 Å². The lowest BCUT2D eigenvalue weighted by Gasteiger charge is -2.50. The molecule has 2 aliphatic rings. The number of benzene rings is 2. The molecular weight excluding hydrogens is 360 g/mol. The van der Waals surface area contributed by atoms with Gasteiger partial charge in [0.15, 0.2) is 5.78 Å². The first-order chi connectivity index (χ1) is 13.9. The van der Waals surface area contributed by atoms with Gasteiger partial charge in [0.2, 0.25) is 5.91 Å². The Morgan fingerprint density at radius 2 is 1.72 bits per heavy atom. The van der Waals surface area contributed by atoms with Crippen LogP contribution in [0.15, 0.2) is 48.5 Å². The van der Waals surface area contributed by atoms with Gasteiger partial charge in [-0.05, 0) is 23.6 Å². The van der Waals surface area contributed by atoms with Crippen LogP contribution >= 0.6 is 0 Å². The van der Waals surface area contributed by atoms with Crippen LogP contribution in [-0.2, 0) is 10.2 Å². The molecule has 2 aromatic rings. The number of aryl methyl sites for hydroxylation is 1. The molecule has 1 atom stereocenters. The normalized spacial score (nSPS) is 20.7. The molecule has 0 saturated carbocycles. The van der Waals surface area contributed by atoms with Crippen molar-refractivity contribution in [3.8, 4) is 0 Å². The molecule has 1 amide bonds. The van der Waals surface area contributed by atoms with E-state index in [9.17, 15) is 9.59 Å². The van der Waals surface area contributed by atoms with E-state index in [0.29, 0.717) is 6.54 Å². The topological polar surface area (TPSA) is 40.6 Å². The molecular formula is C25H30N2O2. The van der Waals surface area contributed by atoms with Crippen molar-refractivity contribution in [1.82, 2.24) is 9.80 Å². The number of carbonyl (C=O) groups is 2. The van der Waals surface area contributed by atoms with E-state index in [1.165, 1.54) is 11.1 Å². The number of hydrogen-bond acceptors (Lipinski definition) is 3. The minimum Gasteiger partial charge on any atom is -0.339 e. The van der Waals surface area contributed by atoms with Crippen molar-refractivity contribution in [2.45, 2.75) is 45.1 Å². The van der Waals surface area contributed by atoms with Gasteiger partial charge < -0.3 is 4.90 Å². The van der Waals surface area contributed by atoms with Crippen molar-refractivity contribution in [3.63, 3.8) is 0 Å². The highest BCUT2D eigenvalue weighted by Gasteiger charge is 2.40. The van der Waals surface area contributed by atoms with E-state index in [1.807, 2.05) is 36.1 Å². The predicted molar refractivity (Wildman–Crippen MR) is 115 cm³/mol. The molecule has 2 aromatic carbocycles. The standard InChI is InChI=1S/C25H30N2O2/c1-18-8-4-5-9-19(18)23(28)12-13-24(29)26-14-15-27-17-25(2,3)21-11-7-6-10-20(21)22(27)16-26/h4-11,22H,12-17H2,1-3H3. The predicted octanol–water partition coefficient (Wildman–Crippen LogP) is 4.13. The summed E-state index contributed by atoms with van der Waals surface area (Å²) in [7, 11) is 0. The van der Waals surface area contributed by atoms with Gasteiger partial charge in [-0.2, -0.15) is 0 Å². The summed E-state index contributed by atoms with van der Waals surface area (Å²) < 4.78 is 0. The van der Waals surface area contributed by atoms with Gasteiger partial charge in [0.1, 0.15) is 0 Å². The molecule has 29 heavy (non-hydrogen) atoms. The van der Waals surface area contributed by atoms with Crippen molar-refractivity contribution >= 4 is 11.7 Å². The van der Waals surface area contributed by atoms with Crippen molar-refractivity contribution in [2.75, 3.05) is 26.2 Å². The minimum atomic E-state index is 0.0554.